The van der Waals surface area contributed by atoms with Crippen LogP contribution in [0, 0.1) is 0 Å². The van der Waals surface area contributed by atoms with Crippen LogP contribution in [0.5, 0.6) is 0 Å². The van der Waals surface area contributed by atoms with Crippen LogP contribution in [0.2, 0.25) is 0 Å². The summed E-state index contributed by atoms with van der Waals surface area (Å²) in [5, 5.41) is 14.0. The van der Waals surface area contributed by atoms with E-state index in [4.69, 9.17) is 4.74 Å². The summed E-state index contributed by atoms with van der Waals surface area (Å²) in [6, 6.07) is 27.1. The normalized spacial score (nSPS) is 14.5. The average molecular weight is 555 g/mol. The van der Waals surface area contributed by atoms with Crippen LogP contribution in [0.15, 0.2) is 101 Å². The molecule has 5 rings (SSSR count). The zero-order valence-corrected chi connectivity index (χ0v) is 22.8. The number of nitrogens with one attached hydrogen (secondary N) is 1. The Balaban J connectivity index is 1.61. The van der Waals surface area contributed by atoms with Crippen molar-refractivity contribution in [3.8, 4) is 0 Å². The summed E-state index contributed by atoms with van der Waals surface area (Å²) in [6.07, 6.45) is -0.806. The standard InChI is InChI=1S/C32H34N4O5/c37-27(23-34-16-18-41-19-17-34)20-33-30-28(29(38)26-14-8-3-9-15-26)31(39)36(22-25-12-6-2-7-13-25)32(40)35(30)21-24-10-4-1-5-11-24/h1-15,27,33,37H,16-23H2. The second-order valence-corrected chi connectivity index (χ2v) is 10.1. The van der Waals surface area contributed by atoms with Gasteiger partial charge in [0.15, 0.2) is 0 Å². The number of morpholine rings is 1. The van der Waals surface area contributed by atoms with Gasteiger partial charge in [0.25, 0.3) is 5.56 Å². The second kappa shape index (κ2) is 13.4. The third-order valence-electron chi connectivity index (χ3n) is 7.14. The molecule has 3 aromatic carbocycles. The molecule has 0 aliphatic carbocycles. The topological polar surface area (TPSA) is 106 Å². The molecule has 2 heterocycles. The maximum absolute atomic E-state index is 14.0. The van der Waals surface area contributed by atoms with Crippen LogP contribution in [-0.2, 0) is 17.8 Å². The number of hydrogen-bond acceptors (Lipinski definition) is 7. The Labute approximate surface area is 238 Å². The van der Waals surface area contributed by atoms with Crippen molar-refractivity contribution in [3.63, 3.8) is 0 Å². The molecule has 0 spiro atoms. The summed E-state index contributed by atoms with van der Waals surface area (Å²) < 4.78 is 7.94. The number of hydrogen-bond donors (Lipinski definition) is 2. The van der Waals surface area contributed by atoms with E-state index in [0.29, 0.717) is 38.4 Å². The number of carbonyl (C=O) groups excluding carboxylic acids is 1. The van der Waals surface area contributed by atoms with Crippen molar-refractivity contribution in [3.05, 3.63) is 134 Å². The maximum atomic E-state index is 14.0. The molecule has 1 aliphatic heterocycles. The predicted octanol–water partition coefficient (Wildman–Crippen LogP) is 2.44. The summed E-state index contributed by atoms with van der Waals surface area (Å²) in [5.74, 6) is -0.396. The largest absolute Gasteiger partial charge is 0.390 e. The van der Waals surface area contributed by atoms with E-state index in [-0.39, 0.29) is 31.0 Å². The first-order valence-corrected chi connectivity index (χ1v) is 13.8. The summed E-state index contributed by atoms with van der Waals surface area (Å²) in [4.78, 5) is 44.0. The number of anilines is 1. The Morgan fingerprint density at radius 2 is 1.34 bits per heavy atom. The molecule has 0 amide bonds. The van der Waals surface area contributed by atoms with Gasteiger partial charge in [-0.1, -0.05) is 91.0 Å². The predicted molar refractivity (Wildman–Crippen MR) is 158 cm³/mol. The van der Waals surface area contributed by atoms with Gasteiger partial charge < -0.3 is 15.2 Å². The summed E-state index contributed by atoms with van der Waals surface area (Å²) in [6.45, 7) is 3.22. The minimum atomic E-state index is -0.806. The van der Waals surface area contributed by atoms with E-state index < -0.39 is 23.1 Å². The molecule has 1 fully saturated rings. The Morgan fingerprint density at radius 3 is 1.93 bits per heavy atom. The number of aliphatic hydroxyl groups excluding tert-OH is 1. The van der Waals surface area contributed by atoms with Crippen LogP contribution >= 0.6 is 0 Å². The van der Waals surface area contributed by atoms with E-state index in [1.165, 1.54) is 4.57 Å². The minimum absolute atomic E-state index is 0.0162. The van der Waals surface area contributed by atoms with E-state index in [2.05, 4.69) is 10.2 Å². The molecule has 1 atom stereocenters. The highest BCUT2D eigenvalue weighted by Gasteiger charge is 2.26. The van der Waals surface area contributed by atoms with Crippen molar-refractivity contribution >= 4 is 11.6 Å². The molecule has 0 bridgehead atoms. The number of rotatable bonds is 11. The molecular weight excluding hydrogens is 520 g/mol. The van der Waals surface area contributed by atoms with Crippen molar-refractivity contribution in [2.45, 2.75) is 19.2 Å². The van der Waals surface area contributed by atoms with Gasteiger partial charge in [0.05, 0.1) is 32.4 Å². The third-order valence-corrected chi connectivity index (χ3v) is 7.14. The first-order chi connectivity index (χ1) is 20.0. The Morgan fingerprint density at radius 1 is 0.805 bits per heavy atom. The van der Waals surface area contributed by atoms with Gasteiger partial charge in [-0.15, -0.1) is 0 Å². The molecule has 212 valence electrons. The Hall–Kier alpha value is -4.31. The van der Waals surface area contributed by atoms with Crippen molar-refractivity contribution < 1.29 is 14.6 Å². The van der Waals surface area contributed by atoms with Gasteiger partial charge in [-0.2, -0.15) is 0 Å². The van der Waals surface area contributed by atoms with Gasteiger partial charge in [-0.3, -0.25) is 23.6 Å². The molecule has 1 unspecified atom stereocenters. The maximum Gasteiger partial charge on any atom is 0.333 e. The lowest BCUT2D eigenvalue weighted by molar-refractivity contribution is 0.0171. The van der Waals surface area contributed by atoms with Crippen molar-refractivity contribution in [2.24, 2.45) is 0 Å². The number of nitrogens with zero attached hydrogens (tertiary/aromatic N) is 3. The van der Waals surface area contributed by atoms with E-state index in [1.54, 1.807) is 30.3 Å². The smallest absolute Gasteiger partial charge is 0.333 e. The number of β-amino-alcohol motifs (C(OH)–C–C–N with tert-alkyl or cyclic N) is 1. The van der Waals surface area contributed by atoms with Gasteiger partial charge >= 0.3 is 5.69 Å². The molecule has 1 aliphatic rings. The number of benzene rings is 3. The van der Waals surface area contributed by atoms with E-state index in [1.807, 2.05) is 60.7 Å². The number of aliphatic hydroxyl groups is 1. The van der Waals surface area contributed by atoms with Gasteiger partial charge in [-0.05, 0) is 11.1 Å². The van der Waals surface area contributed by atoms with E-state index in [0.717, 1.165) is 15.7 Å². The lowest BCUT2D eigenvalue weighted by atomic mass is 10.0. The average Bonchev–Trinajstić information content (AvgIpc) is 3.01. The van der Waals surface area contributed by atoms with E-state index in [9.17, 15) is 19.5 Å². The minimum Gasteiger partial charge on any atom is -0.390 e. The van der Waals surface area contributed by atoms with Crippen molar-refractivity contribution in [1.82, 2.24) is 14.0 Å². The van der Waals surface area contributed by atoms with Crippen LogP contribution in [-0.4, -0.2) is 70.4 Å². The molecule has 9 nitrogen and oxygen atoms in total. The highest BCUT2D eigenvalue weighted by molar-refractivity contribution is 6.11. The summed E-state index contributed by atoms with van der Waals surface area (Å²) >= 11 is 0. The molecule has 0 radical (unpaired) electrons. The van der Waals surface area contributed by atoms with Crippen LogP contribution in [0.1, 0.15) is 27.0 Å². The number of ether oxygens (including phenoxy) is 1. The molecule has 1 saturated heterocycles. The number of carbonyl (C=O) groups is 1. The summed E-state index contributed by atoms with van der Waals surface area (Å²) in [7, 11) is 0. The van der Waals surface area contributed by atoms with Gasteiger partial charge in [0, 0.05) is 31.7 Å². The molecule has 1 aromatic heterocycles. The fourth-order valence-electron chi connectivity index (χ4n) is 5.00. The monoisotopic (exact) mass is 554 g/mol. The first kappa shape index (κ1) is 28.2. The summed E-state index contributed by atoms with van der Waals surface area (Å²) in [5.41, 5.74) is 0.561. The Bertz CT molecular complexity index is 1560. The number of aromatic nitrogens is 2. The zero-order valence-electron chi connectivity index (χ0n) is 22.8. The first-order valence-electron chi connectivity index (χ1n) is 13.8. The van der Waals surface area contributed by atoms with Crippen molar-refractivity contribution in [1.29, 1.82) is 0 Å². The lowest BCUT2D eigenvalue weighted by Gasteiger charge is -2.29. The van der Waals surface area contributed by atoms with Crippen LogP contribution in [0.3, 0.4) is 0 Å². The highest BCUT2D eigenvalue weighted by Crippen LogP contribution is 2.18. The SMILES string of the molecule is O=C(c1ccccc1)c1c(NCC(O)CN2CCOCC2)n(Cc2ccccc2)c(=O)n(Cc2ccccc2)c1=O. The third kappa shape index (κ3) is 6.89. The van der Waals surface area contributed by atoms with Gasteiger partial charge in [-0.25, -0.2) is 4.79 Å². The molecule has 0 saturated carbocycles. The van der Waals surface area contributed by atoms with Crippen molar-refractivity contribution in [2.75, 3.05) is 44.7 Å². The highest BCUT2D eigenvalue weighted by atomic mass is 16.5. The Kier molecular flexibility index (Phi) is 9.20. The van der Waals surface area contributed by atoms with Gasteiger partial charge in [0.2, 0.25) is 5.78 Å². The molecule has 2 N–H and O–H groups in total. The van der Waals surface area contributed by atoms with Crippen LogP contribution < -0.4 is 16.6 Å². The van der Waals surface area contributed by atoms with Crippen LogP contribution in [0.25, 0.3) is 0 Å². The molecule has 4 aromatic rings. The zero-order chi connectivity index (χ0) is 28.6. The number of ketones is 1. The fraction of sp³-hybridized carbons (Fsp3) is 0.281. The second-order valence-electron chi connectivity index (χ2n) is 10.1. The molecule has 41 heavy (non-hydrogen) atoms. The molecule has 9 heteroatoms. The van der Waals surface area contributed by atoms with Crippen LogP contribution in [0.4, 0.5) is 5.82 Å². The quantitative estimate of drug-likeness (QED) is 0.275. The fourth-order valence-corrected chi connectivity index (χ4v) is 5.00. The molecular formula is C32H34N4O5. The van der Waals surface area contributed by atoms with Gasteiger partial charge in [0.1, 0.15) is 11.4 Å². The van der Waals surface area contributed by atoms with E-state index >= 15 is 0 Å². The lowest BCUT2D eigenvalue weighted by Crippen LogP contribution is -2.46.